The van der Waals surface area contributed by atoms with E-state index in [0.29, 0.717) is 45.6 Å². The number of hydrogen-bond donors (Lipinski definition) is 2. The predicted octanol–water partition coefficient (Wildman–Crippen LogP) is 1.19. The first-order valence-corrected chi connectivity index (χ1v) is 12.1. The molecule has 8 nitrogen and oxygen atoms in total. The minimum atomic E-state index is -3.67. The number of piperazine rings is 1. The van der Waals surface area contributed by atoms with Gasteiger partial charge >= 0.3 is 0 Å². The van der Waals surface area contributed by atoms with E-state index in [-0.39, 0.29) is 16.4 Å². The second-order valence-electron chi connectivity index (χ2n) is 8.19. The van der Waals surface area contributed by atoms with Crippen LogP contribution in [0.15, 0.2) is 29.2 Å². The second kappa shape index (κ2) is 9.45. The number of nitrogens with one attached hydrogen (secondary N) is 2. The summed E-state index contributed by atoms with van der Waals surface area (Å²) in [7, 11) is -1.70. The highest BCUT2D eigenvalue weighted by Gasteiger charge is 2.40. The molecule has 1 aromatic rings. The van der Waals surface area contributed by atoms with Crippen molar-refractivity contribution < 1.29 is 18.0 Å². The third-order valence-electron chi connectivity index (χ3n) is 6.03. The highest BCUT2D eigenvalue weighted by molar-refractivity contribution is 7.89. The average Bonchev–Trinajstić information content (AvgIpc) is 2.75. The van der Waals surface area contributed by atoms with Crippen molar-refractivity contribution in [3.63, 3.8) is 0 Å². The second-order valence-corrected chi connectivity index (χ2v) is 10.1. The maximum absolute atomic E-state index is 13.0. The van der Waals surface area contributed by atoms with E-state index in [2.05, 4.69) is 15.5 Å². The summed E-state index contributed by atoms with van der Waals surface area (Å²) in [5.41, 5.74) is -0.683. The summed E-state index contributed by atoms with van der Waals surface area (Å²) in [4.78, 5) is 27.9. The normalized spacial score (nSPS) is 20.5. The van der Waals surface area contributed by atoms with Gasteiger partial charge in [-0.1, -0.05) is 25.3 Å². The molecule has 1 aliphatic carbocycles. The van der Waals surface area contributed by atoms with Crippen molar-refractivity contribution in [2.24, 2.45) is 0 Å². The molecular formula is C21H32N4O4S. The van der Waals surface area contributed by atoms with Gasteiger partial charge in [-0.05, 0) is 45.0 Å². The van der Waals surface area contributed by atoms with E-state index in [0.717, 1.165) is 19.3 Å². The summed E-state index contributed by atoms with van der Waals surface area (Å²) >= 11 is 0. The molecule has 30 heavy (non-hydrogen) atoms. The summed E-state index contributed by atoms with van der Waals surface area (Å²) in [6, 6.07) is 6.10. The van der Waals surface area contributed by atoms with Crippen LogP contribution in [0.2, 0.25) is 0 Å². The van der Waals surface area contributed by atoms with Crippen LogP contribution in [0.5, 0.6) is 0 Å². The third kappa shape index (κ3) is 4.84. The fourth-order valence-corrected chi connectivity index (χ4v) is 5.63. The predicted molar refractivity (Wildman–Crippen MR) is 115 cm³/mol. The summed E-state index contributed by atoms with van der Waals surface area (Å²) in [5.74, 6) is -0.585. The van der Waals surface area contributed by atoms with E-state index < -0.39 is 21.5 Å². The molecule has 0 unspecified atom stereocenters. The van der Waals surface area contributed by atoms with Crippen molar-refractivity contribution in [1.82, 2.24) is 19.8 Å². The van der Waals surface area contributed by atoms with Crippen LogP contribution in [-0.4, -0.2) is 74.7 Å². The summed E-state index contributed by atoms with van der Waals surface area (Å²) in [6.07, 6.45) is 3.95. The number of sulfonamides is 1. The van der Waals surface area contributed by atoms with E-state index in [9.17, 15) is 18.0 Å². The van der Waals surface area contributed by atoms with E-state index in [1.54, 1.807) is 12.1 Å². The van der Waals surface area contributed by atoms with Crippen LogP contribution in [-0.2, 0) is 14.8 Å². The Morgan fingerprint density at radius 2 is 1.73 bits per heavy atom. The Balaban J connectivity index is 1.80. The van der Waals surface area contributed by atoms with Gasteiger partial charge in [-0.3, -0.25) is 9.59 Å². The fourth-order valence-electron chi connectivity index (χ4n) is 4.16. The van der Waals surface area contributed by atoms with E-state index in [1.807, 2.05) is 14.0 Å². The van der Waals surface area contributed by atoms with E-state index >= 15 is 0 Å². The van der Waals surface area contributed by atoms with Gasteiger partial charge < -0.3 is 15.5 Å². The zero-order valence-corrected chi connectivity index (χ0v) is 18.6. The molecule has 1 aliphatic heterocycles. The van der Waals surface area contributed by atoms with Gasteiger partial charge in [-0.2, -0.15) is 4.31 Å². The zero-order valence-electron chi connectivity index (χ0n) is 17.8. The number of rotatable bonds is 6. The van der Waals surface area contributed by atoms with Crippen LogP contribution in [0, 0.1) is 0 Å². The average molecular weight is 437 g/mol. The molecule has 2 N–H and O–H groups in total. The molecule has 0 bridgehead atoms. The maximum atomic E-state index is 13.0. The van der Waals surface area contributed by atoms with Crippen molar-refractivity contribution in [2.75, 3.05) is 39.8 Å². The molecule has 2 fully saturated rings. The first-order chi connectivity index (χ1) is 14.3. The van der Waals surface area contributed by atoms with Crippen molar-refractivity contribution >= 4 is 21.8 Å². The molecular weight excluding hydrogens is 404 g/mol. The minimum Gasteiger partial charge on any atom is -0.354 e. The molecule has 2 aliphatic rings. The molecule has 0 atom stereocenters. The third-order valence-corrected chi connectivity index (χ3v) is 7.92. The van der Waals surface area contributed by atoms with E-state index in [4.69, 9.17) is 0 Å². The van der Waals surface area contributed by atoms with Crippen LogP contribution in [0.3, 0.4) is 0 Å². The van der Waals surface area contributed by atoms with Crippen molar-refractivity contribution in [2.45, 2.75) is 49.5 Å². The Kier molecular flexibility index (Phi) is 7.15. The molecule has 1 saturated heterocycles. The van der Waals surface area contributed by atoms with Gasteiger partial charge in [0.1, 0.15) is 5.54 Å². The molecule has 1 aromatic carbocycles. The largest absolute Gasteiger partial charge is 0.354 e. The maximum Gasteiger partial charge on any atom is 0.252 e. The lowest BCUT2D eigenvalue weighted by Gasteiger charge is -2.36. The lowest BCUT2D eigenvalue weighted by atomic mass is 9.80. The van der Waals surface area contributed by atoms with E-state index in [1.165, 1.54) is 16.4 Å². The summed E-state index contributed by atoms with van der Waals surface area (Å²) in [6.45, 7) is 4.55. The highest BCUT2D eigenvalue weighted by Crippen LogP contribution is 2.29. The molecule has 9 heteroatoms. The van der Waals surface area contributed by atoms with Crippen LogP contribution in [0.25, 0.3) is 0 Å². The van der Waals surface area contributed by atoms with Crippen molar-refractivity contribution in [1.29, 1.82) is 0 Å². The monoisotopic (exact) mass is 436 g/mol. The standard InChI is InChI=1S/C21H32N4O4S/c1-3-22-20(27)21(10-5-4-6-11-21)23-19(26)17-8-7-9-18(16-17)30(28,29)25-14-12-24(2)13-15-25/h7-9,16H,3-6,10-15H2,1-2H3,(H,22,27)(H,23,26). The lowest BCUT2D eigenvalue weighted by Crippen LogP contribution is -2.59. The molecule has 2 amide bonds. The number of likely N-dealkylation sites (N-methyl/N-ethyl adjacent to an activating group) is 2. The topological polar surface area (TPSA) is 98.8 Å². The zero-order chi connectivity index (χ0) is 21.8. The number of benzene rings is 1. The lowest BCUT2D eigenvalue weighted by molar-refractivity contribution is -0.128. The Hall–Kier alpha value is -1.97. The van der Waals surface area contributed by atoms with Crippen LogP contribution in [0.4, 0.5) is 0 Å². The van der Waals surface area contributed by atoms with Gasteiger partial charge in [-0.25, -0.2) is 8.42 Å². The smallest absolute Gasteiger partial charge is 0.252 e. The number of amides is 2. The molecule has 166 valence electrons. The van der Waals surface area contributed by atoms with Gasteiger partial charge in [0.05, 0.1) is 4.90 Å². The first kappa shape index (κ1) is 22.7. The van der Waals surface area contributed by atoms with Crippen LogP contribution >= 0.6 is 0 Å². The number of carbonyl (C=O) groups is 2. The van der Waals surface area contributed by atoms with Gasteiger partial charge in [0.2, 0.25) is 15.9 Å². The van der Waals surface area contributed by atoms with Crippen molar-refractivity contribution in [3.8, 4) is 0 Å². The molecule has 0 aromatic heterocycles. The molecule has 0 radical (unpaired) electrons. The van der Waals surface area contributed by atoms with Crippen LogP contribution < -0.4 is 10.6 Å². The fraction of sp³-hybridized carbons (Fsp3) is 0.619. The Labute approximate surface area is 179 Å². The Morgan fingerprint density at radius 1 is 1.07 bits per heavy atom. The number of hydrogen-bond acceptors (Lipinski definition) is 5. The number of nitrogens with zero attached hydrogens (tertiary/aromatic N) is 2. The van der Waals surface area contributed by atoms with Gasteiger partial charge in [0.25, 0.3) is 5.91 Å². The molecule has 1 saturated carbocycles. The summed E-state index contributed by atoms with van der Waals surface area (Å²) in [5, 5.41) is 5.77. The molecule has 1 heterocycles. The van der Waals surface area contributed by atoms with Gasteiger partial charge in [0.15, 0.2) is 0 Å². The highest BCUT2D eigenvalue weighted by atomic mass is 32.2. The van der Waals surface area contributed by atoms with Gasteiger partial charge in [0, 0.05) is 38.3 Å². The quantitative estimate of drug-likeness (QED) is 0.698. The molecule has 3 rings (SSSR count). The Morgan fingerprint density at radius 3 is 2.37 bits per heavy atom. The van der Waals surface area contributed by atoms with Crippen LogP contribution in [0.1, 0.15) is 49.4 Å². The van der Waals surface area contributed by atoms with Gasteiger partial charge in [-0.15, -0.1) is 0 Å². The Bertz CT molecular complexity index is 873. The minimum absolute atomic E-state index is 0.107. The SMILES string of the molecule is CCNC(=O)C1(NC(=O)c2cccc(S(=O)(=O)N3CCN(C)CC3)c2)CCCCC1. The van der Waals surface area contributed by atoms with Crippen molar-refractivity contribution in [3.05, 3.63) is 29.8 Å². The molecule has 0 spiro atoms. The summed E-state index contributed by atoms with van der Waals surface area (Å²) < 4.78 is 27.5. The number of carbonyl (C=O) groups excluding carboxylic acids is 2. The first-order valence-electron chi connectivity index (χ1n) is 10.7.